The summed E-state index contributed by atoms with van der Waals surface area (Å²) in [4.78, 5) is 15.7. The lowest BCUT2D eigenvalue weighted by Crippen LogP contribution is -2.52. The molecule has 0 spiro atoms. The minimum absolute atomic E-state index is 0.0198. The van der Waals surface area contributed by atoms with Crippen molar-refractivity contribution in [1.82, 2.24) is 19.8 Å². The van der Waals surface area contributed by atoms with Crippen LogP contribution in [0, 0.1) is 0 Å². The van der Waals surface area contributed by atoms with Gasteiger partial charge in [-0.3, -0.25) is 9.62 Å². The van der Waals surface area contributed by atoms with Gasteiger partial charge in [-0.1, -0.05) is 23.2 Å². The molecule has 0 bridgehead atoms. The number of piperazine rings is 1. The minimum atomic E-state index is -4.68. The number of rotatable bonds is 9. The van der Waals surface area contributed by atoms with E-state index in [9.17, 15) is 21.6 Å². The smallest absolute Gasteiger partial charge is 0.416 e. The summed E-state index contributed by atoms with van der Waals surface area (Å²) in [6.07, 6.45) is -0.475. The largest absolute Gasteiger partial charge is 0.494 e. The summed E-state index contributed by atoms with van der Waals surface area (Å²) in [7, 11) is -0.137. The van der Waals surface area contributed by atoms with Crippen LogP contribution in [-0.2, 0) is 16.2 Å². The number of piperidine rings is 1. The molecule has 17 heteroatoms. The van der Waals surface area contributed by atoms with E-state index >= 15 is 0 Å². The van der Waals surface area contributed by atoms with E-state index < -0.39 is 21.8 Å². The molecule has 2 fully saturated rings. The van der Waals surface area contributed by atoms with E-state index in [2.05, 4.69) is 47.1 Å². The quantitative estimate of drug-likeness (QED) is 0.250. The Morgan fingerprint density at radius 3 is 2.26 bits per heavy atom. The number of likely N-dealkylation sites (N-methyl/N-ethyl adjacent to an activating group) is 1. The average molecular weight is 704 g/mol. The van der Waals surface area contributed by atoms with Crippen LogP contribution in [0.3, 0.4) is 0 Å². The molecule has 0 aliphatic carbocycles. The fraction of sp³-hybridized carbons (Fsp3) is 0.448. The number of nitrogens with one attached hydrogen (secondary N) is 3. The first-order chi connectivity index (χ1) is 21.7. The molecule has 11 nitrogen and oxygen atoms in total. The Morgan fingerprint density at radius 1 is 0.935 bits per heavy atom. The zero-order valence-corrected chi connectivity index (χ0v) is 27.8. The van der Waals surface area contributed by atoms with Gasteiger partial charge in [-0.25, -0.2) is 13.4 Å². The monoisotopic (exact) mass is 702 g/mol. The van der Waals surface area contributed by atoms with Crippen molar-refractivity contribution in [2.45, 2.75) is 25.1 Å². The van der Waals surface area contributed by atoms with E-state index in [4.69, 9.17) is 27.9 Å². The predicted octanol–water partition coefficient (Wildman–Crippen LogP) is 5.89. The highest BCUT2D eigenvalue weighted by Crippen LogP contribution is 2.40. The van der Waals surface area contributed by atoms with Crippen LogP contribution in [0.2, 0.25) is 10.0 Å². The number of benzene rings is 2. The van der Waals surface area contributed by atoms with Gasteiger partial charge < -0.3 is 25.2 Å². The van der Waals surface area contributed by atoms with E-state index in [0.717, 1.165) is 82.3 Å². The SMILES string of the molecule is COc1cc(N2CCC(N3CCN(C)CC3)CC2)c(Cl)cc1Nc1ncc(Cl)c(Nc2cc(C(F)(F)F)ccc2NS(C)(=O)=O)n1. The Morgan fingerprint density at radius 2 is 1.63 bits per heavy atom. The molecule has 5 rings (SSSR count). The van der Waals surface area contributed by atoms with Gasteiger partial charge in [0.15, 0.2) is 5.82 Å². The van der Waals surface area contributed by atoms with Gasteiger partial charge >= 0.3 is 6.18 Å². The third kappa shape index (κ3) is 8.37. The fourth-order valence-electron chi connectivity index (χ4n) is 5.59. The summed E-state index contributed by atoms with van der Waals surface area (Å²) in [5.74, 6) is 0.442. The number of hydrogen-bond donors (Lipinski definition) is 3. The zero-order valence-electron chi connectivity index (χ0n) is 25.5. The van der Waals surface area contributed by atoms with Crippen LogP contribution in [0.5, 0.6) is 5.75 Å². The Kier molecular flexibility index (Phi) is 10.3. The molecule has 3 aromatic rings. The molecular formula is C29H35Cl2F3N8O3S. The lowest BCUT2D eigenvalue weighted by Gasteiger charge is -2.42. The normalized spacial score (nSPS) is 17.2. The first-order valence-electron chi connectivity index (χ1n) is 14.5. The summed E-state index contributed by atoms with van der Waals surface area (Å²) < 4.78 is 72.0. The second-order valence-electron chi connectivity index (χ2n) is 11.3. The zero-order chi connectivity index (χ0) is 33.2. The van der Waals surface area contributed by atoms with Gasteiger partial charge in [-0.15, -0.1) is 0 Å². The molecule has 0 amide bonds. The van der Waals surface area contributed by atoms with Crippen molar-refractivity contribution in [2.75, 3.05) is 79.9 Å². The van der Waals surface area contributed by atoms with Crippen LogP contribution in [0.15, 0.2) is 36.5 Å². The highest BCUT2D eigenvalue weighted by molar-refractivity contribution is 7.92. The maximum atomic E-state index is 13.5. The number of anilines is 6. The highest BCUT2D eigenvalue weighted by atomic mass is 35.5. The number of aromatic nitrogens is 2. The van der Waals surface area contributed by atoms with Gasteiger partial charge in [0.1, 0.15) is 10.8 Å². The molecule has 250 valence electrons. The van der Waals surface area contributed by atoms with Crippen LogP contribution in [0.1, 0.15) is 18.4 Å². The summed E-state index contributed by atoms with van der Waals surface area (Å²) in [5, 5.41) is 6.22. The average Bonchev–Trinajstić information content (AvgIpc) is 2.99. The summed E-state index contributed by atoms with van der Waals surface area (Å²) in [6.45, 7) is 6.04. The molecule has 2 aliphatic heterocycles. The van der Waals surface area contributed by atoms with Crippen molar-refractivity contribution < 1.29 is 26.3 Å². The molecule has 2 saturated heterocycles. The molecule has 2 aromatic carbocycles. The van der Waals surface area contributed by atoms with Crippen LogP contribution >= 0.6 is 23.2 Å². The number of alkyl halides is 3. The lowest BCUT2D eigenvalue weighted by molar-refractivity contribution is -0.137. The van der Waals surface area contributed by atoms with Crippen LogP contribution < -0.4 is 25.0 Å². The second kappa shape index (κ2) is 13.9. The Balaban J connectivity index is 1.34. The number of ether oxygens (including phenoxy) is 1. The van der Waals surface area contributed by atoms with Gasteiger partial charge in [0, 0.05) is 51.4 Å². The Hall–Kier alpha value is -3.24. The molecular weight excluding hydrogens is 668 g/mol. The number of halogens is 5. The van der Waals surface area contributed by atoms with E-state index in [1.807, 2.05) is 6.07 Å². The van der Waals surface area contributed by atoms with Gasteiger partial charge in [0.2, 0.25) is 16.0 Å². The van der Waals surface area contributed by atoms with Crippen molar-refractivity contribution in [3.05, 3.63) is 52.1 Å². The van der Waals surface area contributed by atoms with E-state index in [1.165, 1.54) is 13.3 Å². The third-order valence-corrected chi connectivity index (χ3v) is 9.18. The van der Waals surface area contributed by atoms with Gasteiger partial charge in [0.25, 0.3) is 0 Å². The Bertz CT molecular complexity index is 1670. The van der Waals surface area contributed by atoms with Gasteiger partial charge in [0.05, 0.1) is 52.9 Å². The molecule has 0 radical (unpaired) electrons. The molecule has 0 atom stereocenters. The Labute approximate surface area is 276 Å². The lowest BCUT2D eigenvalue weighted by atomic mass is 10.0. The van der Waals surface area contributed by atoms with Crippen molar-refractivity contribution in [1.29, 1.82) is 0 Å². The molecule has 0 unspecified atom stereocenters. The first kappa shape index (κ1) is 34.1. The maximum Gasteiger partial charge on any atom is 0.416 e. The van der Waals surface area contributed by atoms with Gasteiger partial charge in [-0.2, -0.15) is 18.2 Å². The summed E-state index contributed by atoms with van der Waals surface area (Å²) >= 11 is 13.1. The number of sulfonamides is 1. The van der Waals surface area contributed by atoms with E-state index in [-0.39, 0.29) is 28.2 Å². The van der Waals surface area contributed by atoms with Crippen molar-refractivity contribution >= 4 is 67.7 Å². The summed E-state index contributed by atoms with van der Waals surface area (Å²) in [5.41, 5.74) is -0.0452. The minimum Gasteiger partial charge on any atom is -0.494 e. The molecule has 3 N–H and O–H groups in total. The van der Waals surface area contributed by atoms with Crippen LogP contribution in [0.4, 0.5) is 47.7 Å². The summed E-state index contributed by atoms with van der Waals surface area (Å²) in [6, 6.07) is 6.63. The molecule has 46 heavy (non-hydrogen) atoms. The maximum absolute atomic E-state index is 13.5. The third-order valence-electron chi connectivity index (χ3n) is 8.01. The predicted molar refractivity (Wildman–Crippen MR) is 176 cm³/mol. The molecule has 0 saturated carbocycles. The highest BCUT2D eigenvalue weighted by Gasteiger charge is 2.32. The van der Waals surface area contributed by atoms with Crippen molar-refractivity contribution in [2.24, 2.45) is 0 Å². The van der Waals surface area contributed by atoms with Crippen LogP contribution in [-0.4, -0.2) is 93.9 Å². The van der Waals surface area contributed by atoms with Gasteiger partial charge in [-0.05, 0) is 44.2 Å². The van der Waals surface area contributed by atoms with Crippen molar-refractivity contribution in [3.63, 3.8) is 0 Å². The number of hydrogen-bond acceptors (Lipinski definition) is 10. The van der Waals surface area contributed by atoms with E-state index in [0.29, 0.717) is 22.5 Å². The standard InChI is InChI=1S/C29H35Cl2F3N8O3S/c1-40-10-12-41(13-11-40)19-6-8-42(9-7-19)25-16-26(45-2)24(15-20(25)30)37-28-35-17-21(31)27(38-28)36-23-14-18(29(32,33)34)4-5-22(23)39-46(3,43)44/h4-5,14-17,19,39H,6-13H2,1-3H3,(H2,35,36,37,38). The second-order valence-corrected chi connectivity index (χ2v) is 13.9. The fourth-order valence-corrected chi connectivity index (χ4v) is 6.59. The number of nitrogens with zero attached hydrogens (tertiary/aromatic N) is 5. The first-order valence-corrected chi connectivity index (χ1v) is 17.2. The van der Waals surface area contributed by atoms with E-state index in [1.54, 1.807) is 6.07 Å². The topological polar surface area (TPSA) is 115 Å². The molecule has 3 heterocycles. The molecule has 2 aliphatic rings. The van der Waals surface area contributed by atoms with Crippen LogP contribution in [0.25, 0.3) is 0 Å². The van der Waals surface area contributed by atoms with Crippen molar-refractivity contribution in [3.8, 4) is 5.75 Å². The molecule has 1 aromatic heterocycles. The number of methoxy groups -OCH3 is 1.